The van der Waals surface area contributed by atoms with Gasteiger partial charge in [-0.1, -0.05) is 64.7 Å². The van der Waals surface area contributed by atoms with Gasteiger partial charge in [0, 0.05) is 36.8 Å². The number of benzene rings is 1. The third-order valence-electron chi connectivity index (χ3n) is 8.14. The van der Waals surface area contributed by atoms with Crippen LogP contribution in [-0.2, 0) is 24.1 Å². The third-order valence-corrected chi connectivity index (χ3v) is 8.14. The summed E-state index contributed by atoms with van der Waals surface area (Å²) in [5.41, 5.74) is 7.32. The molecule has 212 valence electrons. The molecule has 2 aromatic heterocycles. The first-order valence-corrected chi connectivity index (χ1v) is 15.3. The highest BCUT2D eigenvalue weighted by atomic mass is 16.6. The Morgan fingerprint density at radius 2 is 1.67 bits per heavy atom. The second-order valence-corrected chi connectivity index (χ2v) is 12.2. The molecular weight excluding hydrogens is 482 g/mol. The van der Waals surface area contributed by atoms with Crippen molar-refractivity contribution in [1.29, 1.82) is 0 Å². The number of rotatable bonds is 10. The van der Waals surface area contributed by atoms with Crippen molar-refractivity contribution in [1.82, 2.24) is 14.5 Å². The van der Waals surface area contributed by atoms with Crippen LogP contribution in [0.1, 0.15) is 109 Å². The SMILES string of the molecule is CCCCCCCn1cc(C2CCN(C(=O)OC(C)(C)C)CC2)c2cc(-c3c(CC)cccc3CC)ncc21. The van der Waals surface area contributed by atoms with Gasteiger partial charge in [-0.25, -0.2) is 4.79 Å². The standard InChI is InChI=1S/C34H49N3O2/c1-7-10-11-12-13-19-37-24-29(27-17-20-36(21-18-27)33(38)39-34(4,5)6)28-22-30(35-23-31(28)37)32-25(8-2)15-14-16-26(32)9-3/h14-16,22-24,27H,7-13,17-21H2,1-6H3. The maximum atomic E-state index is 12.7. The molecule has 0 N–H and O–H groups in total. The Morgan fingerprint density at radius 1 is 1.00 bits per heavy atom. The molecule has 3 aromatic rings. The van der Waals surface area contributed by atoms with E-state index in [1.807, 2.05) is 25.7 Å². The van der Waals surface area contributed by atoms with Crippen molar-refractivity contribution >= 4 is 17.0 Å². The molecular formula is C34H49N3O2. The van der Waals surface area contributed by atoms with Crippen molar-refractivity contribution in [3.63, 3.8) is 0 Å². The molecule has 4 rings (SSSR count). The van der Waals surface area contributed by atoms with Crippen LogP contribution in [0.25, 0.3) is 22.2 Å². The Balaban J connectivity index is 1.65. The molecule has 0 bridgehead atoms. The smallest absolute Gasteiger partial charge is 0.410 e. The van der Waals surface area contributed by atoms with Crippen LogP contribution in [0.3, 0.4) is 0 Å². The molecule has 0 saturated carbocycles. The molecule has 1 amide bonds. The Labute approximate surface area is 236 Å². The van der Waals surface area contributed by atoms with Crippen molar-refractivity contribution in [2.45, 2.75) is 117 Å². The number of piperidine rings is 1. The van der Waals surface area contributed by atoms with Crippen molar-refractivity contribution in [2.75, 3.05) is 13.1 Å². The summed E-state index contributed by atoms with van der Waals surface area (Å²) in [6.45, 7) is 15.0. The van der Waals surface area contributed by atoms with E-state index in [0.717, 1.165) is 51.0 Å². The second kappa shape index (κ2) is 13.0. The van der Waals surface area contributed by atoms with E-state index in [1.165, 1.54) is 65.3 Å². The number of pyridine rings is 1. The summed E-state index contributed by atoms with van der Waals surface area (Å²) in [6, 6.07) is 9.02. The molecule has 0 unspecified atom stereocenters. The predicted molar refractivity (Wildman–Crippen MR) is 162 cm³/mol. The molecule has 1 saturated heterocycles. The zero-order valence-electron chi connectivity index (χ0n) is 25.2. The Hall–Kier alpha value is -2.82. The average molecular weight is 532 g/mol. The van der Waals surface area contributed by atoms with Crippen LogP contribution < -0.4 is 0 Å². The monoisotopic (exact) mass is 531 g/mol. The first-order valence-electron chi connectivity index (χ1n) is 15.3. The molecule has 1 aliphatic rings. The van der Waals surface area contributed by atoms with Crippen LogP contribution in [0.4, 0.5) is 4.79 Å². The van der Waals surface area contributed by atoms with E-state index in [2.05, 4.69) is 62.0 Å². The normalized spacial score (nSPS) is 14.8. The van der Waals surface area contributed by atoms with Crippen molar-refractivity contribution < 1.29 is 9.53 Å². The largest absolute Gasteiger partial charge is 0.444 e. The summed E-state index contributed by atoms with van der Waals surface area (Å²) < 4.78 is 8.09. The van der Waals surface area contributed by atoms with E-state index in [9.17, 15) is 4.79 Å². The van der Waals surface area contributed by atoms with Gasteiger partial charge in [0.05, 0.1) is 17.4 Å². The Morgan fingerprint density at radius 3 is 2.28 bits per heavy atom. The number of carbonyl (C=O) groups is 1. The minimum Gasteiger partial charge on any atom is -0.444 e. The highest BCUT2D eigenvalue weighted by Crippen LogP contribution is 2.37. The van der Waals surface area contributed by atoms with Gasteiger partial charge in [0.15, 0.2) is 0 Å². The number of nitrogens with zero attached hydrogens (tertiary/aromatic N) is 3. The van der Waals surface area contributed by atoms with Gasteiger partial charge in [0.25, 0.3) is 0 Å². The molecule has 0 radical (unpaired) electrons. The summed E-state index contributed by atoms with van der Waals surface area (Å²) in [4.78, 5) is 19.6. The number of aromatic nitrogens is 2. The summed E-state index contributed by atoms with van der Waals surface area (Å²) >= 11 is 0. The zero-order valence-corrected chi connectivity index (χ0v) is 25.2. The van der Waals surface area contributed by atoms with Crippen LogP contribution >= 0.6 is 0 Å². The summed E-state index contributed by atoms with van der Waals surface area (Å²) in [6.07, 6.45) is 14.6. The summed E-state index contributed by atoms with van der Waals surface area (Å²) in [5, 5.41) is 1.33. The molecule has 5 nitrogen and oxygen atoms in total. The minimum atomic E-state index is -0.464. The lowest BCUT2D eigenvalue weighted by Crippen LogP contribution is -2.41. The van der Waals surface area contributed by atoms with E-state index in [4.69, 9.17) is 9.72 Å². The zero-order chi connectivity index (χ0) is 28.0. The van der Waals surface area contributed by atoms with E-state index in [0.29, 0.717) is 5.92 Å². The number of hydrogen-bond donors (Lipinski definition) is 0. The average Bonchev–Trinajstić information content (AvgIpc) is 3.29. The summed E-state index contributed by atoms with van der Waals surface area (Å²) in [7, 11) is 0. The molecule has 1 aliphatic heterocycles. The number of unbranched alkanes of at least 4 members (excludes halogenated alkanes) is 4. The molecule has 1 aromatic carbocycles. The fourth-order valence-corrected chi connectivity index (χ4v) is 6.02. The van der Waals surface area contributed by atoms with Gasteiger partial charge in [-0.2, -0.15) is 0 Å². The third kappa shape index (κ3) is 7.04. The molecule has 1 fully saturated rings. The molecule has 0 spiro atoms. The van der Waals surface area contributed by atoms with E-state index in [-0.39, 0.29) is 6.09 Å². The Bertz CT molecular complexity index is 1220. The number of carbonyl (C=O) groups excluding carboxylic acids is 1. The topological polar surface area (TPSA) is 47.4 Å². The van der Waals surface area contributed by atoms with Gasteiger partial charge < -0.3 is 14.2 Å². The number of fused-ring (bicyclic) bond motifs is 1. The highest BCUT2D eigenvalue weighted by molar-refractivity contribution is 5.88. The van der Waals surface area contributed by atoms with Crippen LogP contribution in [0.5, 0.6) is 0 Å². The lowest BCUT2D eigenvalue weighted by Gasteiger charge is -2.33. The molecule has 39 heavy (non-hydrogen) atoms. The number of ether oxygens (including phenoxy) is 1. The lowest BCUT2D eigenvalue weighted by atomic mass is 9.88. The van der Waals surface area contributed by atoms with Crippen LogP contribution in [-0.4, -0.2) is 39.2 Å². The maximum absolute atomic E-state index is 12.7. The second-order valence-electron chi connectivity index (χ2n) is 12.2. The number of hydrogen-bond acceptors (Lipinski definition) is 3. The molecule has 5 heteroatoms. The van der Waals surface area contributed by atoms with Gasteiger partial charge in [-0.15, -0.1) is 0 Å². The van der Waals surface area contributed by atoms with Crippen LogP contribution in [0.15, 0.2) is 36.7 Å². The Kier molecular flexibility index (Phi) is 9.74. The van der Waals surface area contributed by atoms with Gasteiger partial charge >= 0.3 is 6.09 Å². The van der Waals surface area contributed by atoms with Gasteiger partial charge in [0.2, 0.25) is 0 Å². The van der Waals surface area contributed by atoms with Crippen molar-refractivity contribution in [3.05, 3.63) is 53.3 Å². The van der Waals surface area contributed by atoms with Crippen molar-refractivity contribution in [2.24, 2.45) is 0 Å². The van der Waals surface area contributed by atoms with Crippen LogP contribution in [0, 0.1) is 0 Å². The maximum Gasteiger partial charge on any atom is 0.410 e. The molecule has 0 aliphatic carbocycles. The van der Waals surface area contributed by atoms with E-state index in [1.54, 1.807) is 0 Å². The van der Waals surface area contributed by atoms with Crippen LogP contribution in [0.2, 0.25) is 0 Å². The molecule has 0 atom stereocenters. The number of likely N-dealkylation sites (tertiary alicyclic amines) is 1. The first-order chi connectivity index (χ1) is 18.8. The van der Waals surface area contributed by atoms with Gasteiger partial charge in [-0.05, 0) is 81.5 Å². The number of aryl methyl sites for hydroxylation is 3. The number of amides is 1. The summed E-state index contributed by atoms with van der Waals surface area (Å²) in [5.74, 6) is 0.426. The highest BCUT2D eigenvalue weighted by Gasteiger charge is 2.29. The lowest BCUT2D eigenvalue weighted by molar-refractivity contribution is 0.0205. The fraction of sp³-hybridized carbons (Fsp3) is 0.588. The van der Waals surface area contributed by atoms with Gasteiger partial charge in [-0.3, -0.25) is 4.98 Å². The first kappa shape index (κ1) is 29.2. The van der Waals surface area contributed by atoms with Crippen molar-refractivity contribution in [3.8, 4) is 11.3 Å². The fourth-order valence-electron chi connectivity index (χ4n) is 6.02. The van der Waals surface area contributed by atoms with E-state index >= 15 is 0 Å². The predicted octanol–water partition coefficient (Wildman–Crippen LogP) is 8.91. The molecule has 3 heterocycles. The minimum absolute atomic E-state index is 0.190. The quantitative estimate of drug-likeness (QED) is 0.245. The van der Waals surface area contributed by atoms with Gasteiger partial charge in [0.1, 0.15) is 5.60 Å². The van der Waals surface area contributed by atoms with E-state index < -0.39 is 5.60 Å².